The van der Waals surface area contributed by atoms with Crippen molar-refractivity contribution in [1.29, 1.82) is 0 Å². The van der Waals surface area contributed by atoms with Crippen molar-refractivity contribution in [1.82, 2.24) is 9.97 Å². The van der Waals surface area contributed by atoms with Crippen LogP contribution in [0.4, 0.5) is 42.8 Å². The molecule has 2 heterocycles. The van der Waals surface area contributed by atoms with Crippen LogP contribution < -0.4 is 10.2 Å². The fraction of sp³-hybridized carbons (Fsp3) is 0.154. The highest BCUT2D eigenvalue weighted by atomic mass is 19.4. The minimum absolute atomic E-state index is 0.0913. The van der Waals surface area contributed by atoms with E-state index in [9.17, 15) is 41.0 Å². The minimum atomic E-state index is -5.08. The molecule has 220 valence electrons. The highest BCUT2D eigenvalue weighted by molar-refractivity contribution is 6.12. The Bertz CT molecular complexity index is 1690. The van der Waals surface area contributed by atoms with Crippen LogP contribution in [0.25, 0.3) is 11.0 Å². The summed E-state index contributed by atoms with van der Waals surface area (Å²) in [6.45, 7) is 0. The Labute approximate surface area is 231 Å². The fourth-order valence-corrected chi connectivity index (χ4v) is 4.20. The highest BCUT2D eigenvalue weighted by Gasteiger charge is 2.51. The van der Waals surface area contributed by atoms with Gasteiger partial charge in [0.25, 0.3) is 5.91 Å². The van der Waals surface area contributed by atoms with Crippen molar-refractivity contribution in [2.45, 2.75) is 18.1 Å². The maximum atomic E-state index is 13.4. The number of rotatable bonds is 3. The van der Waals surface area contributed by atoms with Gasteiger partial charge in [-0.25, -0.2) is 14.6 Å². The number of ether oxygens (including phenoxy) is 1. The number of imidazole rings is 1. The zero-order chi connectivity index (χ0) is 31.0. The first-order valence-electron chi connectivity index (χ1n) is 11.6. The predicted octanol–water partition coefficient (Wildman–Crippen LogP) is 5.25. The third kappa shape index (κ3) is 5.56. The first-order chi connectivity index (χ1) is 19.6. The van der Waals surface area contributed by atoms with E-state index in [1.165, 1.54) is 37.4 Å². The lowest BCUT2D eigenvalue weighted by Gasteiger charge is -2.35. The number of carboxylic acid groups (broad SMARTS) is 1. The predicted molar refractivity (Wildman–Crippen MR) is 134 cm³/mol. The van der Waals surface area contributed by atoms with Gasteiger partial charge >= 0.3 is 24.4 Å². The fourth-order valence-electron chi connectivity index (χ4n) is 4.20. The maximum Gasteiger partial charge on any atom is 0.490 e. The largest absolute Gasteiger partial charge is 0.490 e. The third-order valence-corrected chi connectivity index (χ3v) is 6.02. The molecule has 0 aliphatic carbocycles. The number of benzene rings is 3. The van der Waals surface area contributed by atoms with E-state index in [1.807, 2.05) is 0 Å². The summed E-state index contributed by atoms with van der Waals surface area (Å²) in [7, 11) is 1.20. The molecule has 0 fully saturated rings. The van der Waals surface area contributed by atoms with Crippen molar-refractivity contribution in [3.63, 3.8) is 0 Å². The van der Waals surface area contributed by atoms with E-state index in [1.54, 1.807) is 24.3 Å². The highest BCUT2D eigenvalue weighted by Crippen LogP contribution is 2.46. The van der Waals surface area contributed by atoms with E-state index in [2.05, 4.69) is 20.0 Å². The average Bonchev–Trinajstić information content (AvgIpc) is 3.43. The van der Waals surface area contributed by atoms with Crippen LogP contribution in [0.3, 0.4) is 0 Å². The molecule has 4 aromatic rings. The molecule has 0 saturated carbocycles. The molecule has 42 heavy (non-hydrogen) atoms. The summed E-state index contributed by atoms with van der Waals surface area (Å²) < 4.78 is 76.5. The van der Waals surface area contributed by atoms with Crippen LogP contribution >= 0.6 is 0 Å². The summed E-state index contributed by atoms with van der Waals surface area (Å²) in [5.41, 5.74) is -1.78. The van der Waals surface area contributed by atoms with E-state index in [4.69, 9.17) is 9.90 Å². The molecule has 0 saturated heterocycles. The Morgan fingerprint density at radius 1 is 1.00 bits per heavy atom. The number of alkyl halides is 6. The van der Waals surface area contributed by atoms with Gasteiger partial charge in [0.2, 0.25) is 5.95 Å². The third-order valence-electron chi connectivity index (χ3n) is 6.02. The van der Waals surface area contributed by atoms with Crippen molar-refractivity contribution in [3.05, 3.63) is 89.0 Å². The second-order valence-corrected chi connectivity index (χ2v) is 8.64. The molecule has 0 bridgehead atoms. The molecule has 1 aliphatic heterocycles. The molecule has 3 aromatic carbocycles. The van der Waals surface area contributed by atoms with Gasteiger partial charge in [0.15, 0.2) is 5.72 Å². The van der Waals surface area contributed by atoms with Crippen molar-refractivity contribution in [3.8, 4) is 0 Å². The Morgan fingerprint density at radius 2 is 1.67 bits per heavy atom. The Kier molecular flexibility index (Phi) is 7.60. The molecule has 1 aromatic heterocycles. The lowest BCUT2D eigenvalue weighted by atomic mass is 9.93. The molecule has 5 rings (SSSR count). The number of amides is 2. The Balaban J connectivity index is 0.000000517. The number of aromatic nitrogens is 2. The summed E-state index contributed by atoms with van der Waals surface area (Å²) >= 11 is 0. The van der Waals surface area contributed by atoms with Gasteiger partial charge in [-0.05, 0) is 36.4 Å². The molecule has 10 nitrogen and oxygen atoms in total. The van der Waals surface area contributed by atoms with Gasteiger partial charge in [-0.2, -0.15) is 26.3 Å². The molecular weight excluding hydrogens is 578 g/mol. The number of nitrogens with zero attached hydrogens (tertiary/aromatic N) is 2. The monoisotopic (exact) mass is 596 g/mol. The Morgan fingerprint density at radius 3 is 2.29 bits per heavy atom. The summed E-state index contributed by atoms with van der Waals surface area (Å²) in [6.07, 6.45) is -10.5. The van der Waals surface area contributed by atoms with Crippen molar-refractivity contribution < 1.29 is 55.7 Å². The summed E-state index contributed by atoms with van der Waals surface area (Å²) in [5, 5.41) is 21.6. The van der Waals surface area contributed by atoms with E-state index in [0.717, 1.165) is 17.0 Å². The number of halogens is 6. The van der Waals surface area contributed by atoms with E-state index >= 15 is 0 Å². The lowest BCUT2D eigenvalue weighted by molar-refractivity contribution is -0.192. The number of carboxylic acids is 1. The molecular formula is C26H18F6N4O6. The number of fused-ring (bicyclic) bond motifs is 2. The number of aliphatic hydroxyl groups is 1. The number of anilines is 2. The van der Waals surface area contributed by atoms with Crippen LogP contribution in [0.15, 0.2) is 66.7 Å². The molecule has 4 N–H and O–H groups in total. The van der Waals surface area contributed by atoms with Gasteiger partial charge < -0.3 is 19.9 Å². The molecule has 0 spiro atoms. The second-order valence-electron chi connectivity index (χ2n) is 8.64. The van der Waals surface area contributed by atoms with Crippen molar-refractivity contribution >= 4 is 40.6 Å². The zero-order valence-electron chi connectivity index (χ0n) is 21.0. The average molecular weight is 596 g/mol. The number of hydrogen-bond donors (Lipinski definition) is 4. The van der Waals surface area contributed by atoms with Crippen LogP contribution in [0, 0.1) is 0 Å². The normalized spacial score (nSPS) is 16.5. The topological polar surface area (TPSA) is 145 Å². The summed E-state index contributed by atoms with van der Waals surface area (Å²) in [4.78, 5) is 41.8. The molecule has 1 aliphatic rings. The smallest absolute Gasteiger partial charge is 0.475 e. The van der Waals surface area contributed by atoms with Gasteiger partial charge in [0.05, 0.1) is 23.7 Å². The molecule has 0 radical (unpaired) electrons. The lowest BCUT2D eigenvalue weighted by Crippen LogP contribution is -2.45. The van der Waals surface area contributed by atoms with Gasteiger partial charge in [-0.1, -0.05) is 30.3 Å². The quantitative estimate of drug-likeness (QED) is 0.237. The number of aliphatic carboxylic acids is 1. The standard InChI is InChI=1S/C24H17F3N4O4.C2HF3O2/c1-35-22(33)30-21-28-18-10-9-13(12-19(18)29-21)23(34)17-8-3-2-7-16(17)20(32)31(23)15-6-4-5-14(11-15)24(25,26)27;3-2(4,5)1(6)7/h2-12,34H,1H3,(H2,28,29,30,33);(H,6,7). The van der Waals surface area contributed by atoms with Gasteiger partial charge in [-0.15, -0.1) is 0 Å². The molecule has 1 atom stereocenters. The zero-order valence-corrected chi connectivity index (χ0v) is 21.0. The van der Waals surface area contributed by atoms with Gasteiger partial charge in [-0.3, -0.25) is 15.0 Å². The van der Waals surface area contributed by atoms with E-state index in [-0.39, 0.29) is 28.3 Å². The first kappa shape index (κ1) is 29.9. The van der Waals surface area contributed by atoms with Crippen molar-refractivity contribution in [2.24, 2.45) is 0 Å². The van der Waals surface area contributed by atoms with Crippen LogP contribution in [-0.4, -0.2) is 51.4 Å². The first-order valence-corrected chi connectivity index (χ1v) is 11.6. The number of carbonyl (C=O) groups is 3. The molecule has 1 unspecified atom stereocenters. The van der Waals surface area contributed by atoms with E-state index in [0.29, 0.717) is 11.0 Å². The van der Waals surface area contributed by atoms with Crippen LogP contribution in [0.5, 0.6) is 0 Å². The summed E-state index contributed by atoms with van der Waals surface area (Å²) in [6, 6.07) is 15.1. The number of aromatic amines is 1. The minimum Gasteiger partial charge on any atom is -0.475 e. The number of methoxy groups -OCH3 is 1. The molecule has 2 amide bonds. The van der Waals surface area contributed by atoms with Crippen LogP contribution in [0.2, 0.25) is 0 Å². The summed E-state index contributed by atoms with van der Waals surface area (Å²) in [5.74, 6) is -3.32. The SMILES string of the molecule is COC(=O)Nc1nc2ccc(C3(O)c4ccccc4C(=O)N3c3cccc(C(F)(F)F)c3)cc2[nH]1.O=C(O)C(F)(F)F. The van der Waals surface area contributed by atoms with E-state index < -0.39 is 41.6 Å². The second kappa shape index (κ2) is 10.7. The van der Waals surface area contributed by atoms with Gasteiger partial charge in [0, 0.05) is 22.4 Å². The number of hydrogen-bond acceptors (Lipinski definition) is 6. The molecule has 16 heteroatoms. The van der Waals surface area contributed by atoms with Crippen LogP contribution in [0.1, 0.15) is 27.0 Å². The maximum absolute atomic E-state index is 13.4. The van der Waals surface area contributed by atoms with Gasteiger partial charge in [0.1, 0.15) is 0 Å². The number of carbonyl (C=O) groups excluding carboxylic acids is 2. The van der Waals surface area contributed by atoms with Crippen molar-refractivity contribution in [2.75, 3.05) is 17.3 Å². The Hall–Kier alpha value is -5.12. The van der Waals surface area contributed by atoms with Crippen LogP contribution in [-0.2, 0) is 21.4 Å². The number of nitrogens with one attached hydrogen (secondary N) is 2. The number of H-pyrrole nitrogens is 1.